The minimum absolute atomic E-state index is 0.162. The number of hydrogen-bond donors (Lipinski definition) is 0. The highest BCUT2D eigenvalue weighted by atomic mass is 35.5. The molecule has 1 aromatic carbocycles. The van der Waals surface area contributed by atoms with Gasteiger partial charge in [-0.05, 0) is 12.1 Å². The van der Waals surface area contributed by atoms with Crippen LogP contribution < -0.4 is 9.47 Å². The van der Waals surface area contributed by atoms with Crippen molar-refractivity contribution in [1.82, 2.24) is 0 Å². The van der Waals surface area contributed by atoms with Gasteiger partial charge in [0.15, 0.2) is 5.78 Å². The molecule has 0 bridgehead atoms. The largest absolute Gasteiger partial charge is 0.573 e. The van der Waals surface area contributed by atoms with Gasteiger partial charge in [0.05, 0.1) is 5.56 Å². The first-order valence-electron chi connectivity index (χ1n) is 5.26. The number of carbonyl (C=O) groups is 1. The summed E-state index contributed by atoms with van der Waals surface area (Å²) >= 11 is 5.29. The molecule has 0 aromatic heterocycles. The summed E-state index contributed by atoms with van der Waals surface area (Å²) in [5.41, 5.74) is -0.539. The molecule has 0 spiro atoms. The Labute approximate surface area is 119 Å². The van der Waals surface area contributed by atoms with Crippen molar-refractivity contribution in [2.45, 2.75) is 19.1 Å². The fourth-order valence-electron chi connectivity index (χ4n) is 1.36. The number of benzene rings is 1. The summed E-state index contributed by atoms with van der Waals surface area (Å²) in [4.78, 5) is 11.6. The van der Waals surface area contributed by atoms with E-state index < -0.39 is 35.6 Å². The molecule has 3 nitrogen and oxygen atoms in total. The average molecular weight is 337 g/mol. The standard InChI is InChI=1S/C11H7ClF6O3/c12-4-3-8(19)7-2-1-6(20-10(13,14)15)5-9(7)21-11(16,17)18/h1-2,5H,3-4H2. The SMILES string of the molecule is O=C(CCCl)c1ccc(OC(F)(F)F)cc1OC(F)(F)F. The van der Waals surface area contributed by atoms with E-state index in [4.69, 9.17) is 11.6 Å². The minimum Gasteiger partial charge on any atom is -0.406 e. The predicted octanol–water partition coefficient (Wildman–Crippen LogP) is 4.30. The fraction of sp³-hybridized carbons (Fsp3) is 0.364. The van der Waals surface area contributed by atoms with Crippen molar-refractivity contribution in [2.24, 2.45) is 0 Å². The average Bonchev–Trinajstić information content (AvgIpc) is 2.24. The van der Waals surface area contributed by atoms with Crippen LogP contribution in [0.4, 0.5) is 26.3 Å². The molecule has 0 amide bonds. The summed E-state index contributed by atoms with van der Waals surface area (Å²) in [7, 11) is 0. The van der Waals surface area contributed by atoms with Crippen LogP contribution in [0.3, 0.4) is 0 Å². The molecule has 1 aromatic rings. The van der Waals surface area contributed by atoms with Crippen LogP contribution in [0.25, 0.3) is 0 Å². The number of halogens is 7. The maximum atomic E-state index is 12.2. The topological polar surface area (TPSA) is 35.5 Å². The van der Waals surface area contributed by atoms with E-state index in [0.29, 0.717) is 12.1 Å². The fourth-order valence-corrected chi connectivity index (χ4v) is 1.53. The quantitative estimate of drug-likeness (QED) is 0.457. The normalized spacial score (nSPS) is 12.1. The number of rotatable bonds is 5. The van der Waals surface area contributed by atoms with Crippen molar-refractivity contribution in [1.29, 1.82) is 0 Å². The van der Waals surface area contributed by atoms with Crippen molar-refractivity contribution in [2.75, 3.05) is 5.88 Å². The number of Topliss-reactive ketones (excluding diaryl/α,β-unsaturated/α-hetero) is 1. The van der Waals surface area contributed by atoms with E-state index in [2.05, 4.69) is 9.47 Å². The number of hydrogen-bond acceptors (Lipinski definition) is 3. The molecule has 0 atom stereocenters. The van der Waals surface area contributed by atoms with Crippen molar-refractivity contribution >= 4 is 17.4 Å². The van der Waals surface area contributed by atoms with E-state index in [9.17, 15) is 31.1 Å². The molecule has 1 rings (SSSR count). The van der Waals surface area contributed by atoms with Gasteiger partial charge in [0, 0.05) is 18.4 Å². The van der Waals surface area contributed by atoms with Gasteiger partial charge in [-0.1, -0.05) is 0 Å². The van der Waals surface area contributed by atoms with Gasteiger partial charge >= 0.3 is 12.7 Å². The van der Waals surface area contributed by atoms with Gasteiger partial charge in [0.2, 0.25) is 0 Å². The third kappa shape index (κ3) is 6.11. The highest BCUT2D eigenvalue weighted by molar-refractivity contribution is 6.19. The Balaban J connectivity index is 3.16. The van der Waals surface area contributed by atoms with Crippen LogP contribution in [-0.2, 0) is 0 Å². The molecule has 0 saturated carbocycles. The Morgan fingerprint density at radius 1 is 1.05 bits per heavy atom. The Morgan fingerprint density at radius 3 is 2.10 bits per heavy atom. The molecular weight excluding hydrogens is 330 g/mol. The van der Waals surface area contributed by atoms with E-state index in [1.54, 1.807) is 0 Å². The summed E-state index contributed by atoms with van der Waals surface area (Å²) in [5.74, 6) is -2.99. The van der Waals surface area contributed by atoms with Crippen LogP contribution >= 0.6 is 11.6 Å². The van der Waals surface area contributed by atoms with Gasteiger partial charge in [-0.15, -0.1) is 37.9 Å². The third-order valence-electron chi connectivity index (χ3n) is 2.03. The molecule has 10 heteroatoms. The van der Waals surface area contributed by atoms with Gasteiger partial charge in [-0.2, -0.15) is 0 Å². The van der Waals surface area contributed by atoms with Crippen molar-refractivity contribution in [3.05, 3.63) is 23.8 Å². The van der Waals surface area contributed by atoms with Crippen LogP contribution in [0.5, 0.6) is 11.5 Å². The van der Waals surface area contributed by atoms with Gasteiger partial charge in [0.1, 0.15) is 11.5 Å². The van der Waals surface area contributed by atoms with Crippen LogP contribution in [0.15, 0.2) is 18.2 Å². The van der Waals surface area contributed by atoms with E-state index in [1.165, 1.54) is 0 Å². The molecule has 0 aliphatic rings. The Bertz CT molecular complexity index is 512. The highest BCUT2D eigenvalue weighted by Gasteiger charge is 2.35. The van der Waals surface area contributed by atoms with E-state index in [1.807, 2.05) is 0 Å². The molecule has 0 N–H and O–H groups in total. The first kappa shape index (κ1) is 17.4. The Kier molecular flexibility index (Phi) is 5.32. The van der Waals surface area contributed by atoms with Gasteiger partial charge in [0.25, 0.3) is 0 Å². The highest BCUT2D eigenvalue weighted by Crippen LogP contribution is 2.33. The van der Waals surface area contributed by atoms with Gasteiger partial charge in [-0.3, -0.25) is 4.79 Å². The molecule has 21 heavy (non-hydrogen) atoms. The lowest BCUT2D eigenvalue weighted by Gasteiger charge is -2.15. The lowest BCUT2D eigenvalue weighted by Crippen LogP contribution is -2.20. The maximum absolute atomic E-state index is 12.2. The first-order valence-corrected chi connectivity index (χ1v) is 5.80. The second-order valence-electron chi connectivity index (χ2n) is 3.62. The second-order valence-corrected chi connectivity index (χ2v) is 3.99. The van der Waals surface area contributed by atoms with Crippen LogP contribution in [-0.4, -0.2) is 24.4 Å². The molecule has 0 aliphatic carbocycles. The zero-order valence-corrected chi connectivity index (χ0v) is 10.8. The monoisotopic (exact) mass is 336 g/mol. The van der Waals surface area contributed by atoms with Crippen molar-refractivity contribution < 1.29 is 40.6 Å². The molecule has 0 fully saturated rings. The summed E-state index contributed by atoms with van der Waals surface area (Å²) in [6, 6.07) is 1.79. The summed E-state index contributed by atoms with van der Waals surface area (Å²) < 4.78 is 79.7. The van der Waals surface area contributed by atoms with Crippen LogP contribution in [0, 0.1) is 0 Å². The molecule has 0 radical (unpaired) electrons. The molecular formula is C11H7ClF6O3. The number of ether oxygens (including phenoxy) is 2. The minimum atomic E-state index is -5.17. The summed E-state index contributed by atoms with van der Waals surface area (Å²) in [6.07, 6.45) is -10.6. The lowest BCUT2D eigenvalue weighted by molar-refractivity contribution is -0.276. The summed E-state index contributed by atoms with van der Waals surface area (Å²) in [6.45, 7) is 0. The van der Waals surface area contributed by atoms with E-state index >= 15 is 0 Å². The smallest absolute Gasteiger partial charge is 0.406 e. The van der Waals surface area contributed by atoms with E-state index in [-0.39, 0.29) is 12.3 Å². The Hall–Kier alpha value is -1.64. The molecule has 0 aliphatic heterocycles. The van der Waals surface area contributed by atoms with Crippen LogP contribution in [0.1, 0.15) is 16.8 Å². The number of ketones is 1. The van der Waals surface area contributed by atoms with Crippen molar-refractivity contribution in [3.8, 4) is 11.5 Å². The molecule has 0 heterocycles. The molecule has 0 unspecified atom stereocenters. The van der Waals surface area contributed by atoms with Crippen LogP contribution in [0.2, 0.25) is 0 Å². The second kappa shape index (κ2) is 6.42. The third-order valence-corrected chi connectivity index (χ3v) is 2.22. The van der Waals surface area contributed by atoms with Gasteiger partial charge < -0.3 is 9.47 Å². The van der Waals surface area contributed by atoms with Crippen molar-refractivity contribution in [3.63, 3.8) is 0 Å². The maximum Gasteiger partial charge on any atom is 0.573 e. The number of carbonyl (C=O) groups excluding carboxylic acids is 1. The zero-order chi connectivity index (χ0) is 16.3. The predicted molar refractivity (Wildman–Crippen MR) is 59.5 cm³/mol. The first-order chi connectivity index (χ1) is 9.52. The zero-order valence-electron chi connectivity index (χ0n) is 10.0. The molecule has 118 valence electrons. The Morgan fingerprint density at radius 2 is 1.62 bits per heavy atom. The summed E-state index contributed by atoms with van der Waals surface area (Å²) in [5, 5.41) is 0. The molecule has 0 saturated heterocycles. The van der Waals surface area contributed by atoms with E-state index in [0.717, 1.165) is 6.07 Å². The number of alkyl halides is 7. The lowest BCUT2D eigenvalue weighted by atomic mass is 10.1. The van der Waals surface area contributed by atoms with Gasteiger partial charge in [-0.25, -0.2) is 0 Å².